The topological polar surface area (TPSA) is 59.2 Å². The second-order valence-electron chi connectivity index (χ2n) is 6.06. The van der Waals surface area contributed by atoms with Crippen molar-refractivity contribution in [2.75, 3.05) is 6.54 Å². The van der Waals surface area contributed by atoms with Gasteiger partial charge in [0.1, 0.15) is 6.04 Å². The van der Waals surface area contributed by atoms with Crippen LogP contribution in [0.1, 0.15) is 40.0 Å². The molecule has 0 bridgehead atoms. The van der Waals surface area contributed by atoms with Crippen molar-refractivity contribution in [2.45, 2.75) is 25.8 Å². The minimum atomic E-state index is -0.172. The highest BCUT2D eigenvalue weighted by Crippen LogP contribution is 2.34. The van der Waals surface area contributed by atoms with Crippen molar-refractivity contribution < 1.29 is 9.32 Å². The molecule has 3 heterocycles. The van der Waals surface area contributed by atoms with E-state index in [1.54, 1.807) is 12.1 Å². The van der Waals surface area contributed by atoms with Crippen LogP contribution in [0.4, 0.5) is 0 Å². The molecule has 1 saturated heterocycles. The van der Waals surface area contributed by atoms with E-state index in [9.17, 15) is 4.79 Å². The van der Waals surface area contributed by atoms with E-state index in [2.05, 4.69) is 10.1 Å². The van der Waals surface area contributed by atoms with Gasteiger partial charge in [0.2, 0.25) is 11.7 Å². The van der Waals surface area contributed by atoms with Gasteiger partial charge in [-0.3, -0.25) is 4.79 Å². The van der Waals surface area contributed by atoms with Gasteiger partial charge in [0, 0.05) is 17.1 Å². The van der Waals surface area contributed by atoms with E-state index in [0.717, 1.165) is 28.8 Å². The van der Waals surface area contributed by atoms with Crippen LogP contribution in [0.2, 0.25) is 5.02 Å². The molecular weight excluding hydrogens is 358 g/mol. The first kappa shape index (κ1) is 16.3. The van der Waals surface area contributed by atoms with Gasteiger partial charge in [-0.15, -0.1) is 11.3 Å². The lowest BCUT2D eigenvalue weighted by Crippen LogP contribution is -2.30. The molecule has 1 fully saturated rings. The second kappa shape index (κ2) is 6.61. The number of carbonyl (C=O) groups excluding carboxylic acids is 1. The van der Waals surface area contributed by atoms with Gasteiger partial charge in [-0.2, -0.15) is 4.98 Å². The summed E-state index contributed by atoms with van der Waals surface area (Å²) in [6.07, 6.45) is 1.75. The molecule has 5 nitrogen and oxygen atoms in total. The highest BCUT2D eigenvalue weighted by Gasteiger charge is 2.35. The van der Waals surface area contributed by atoms with Crippen LogP contribution in [0.5, 0.6) is 0 Å². The van der Waals surface area contributed by atoms with Crippen LogP contribution < -0.4 is 0 Å². The predicted octanol–water partition coefficient (Wildman–Crippen LogP) is 4.74. The minimum absolute atomic E-state index is 0.0394. The molecule has 0 saturated carbocycles. The summed E-state index contributed by atoms with van der Waals surface area (Å²) in [4.78, 5) is 20.0. The van der Waals surface area contributed by atoms with Gasteiger partial charge in [-0.25, -0.2) is 0 Å². The molecule has 2 aromatic heterocycles. The average Bonchev–Trinajstić information content (AvgIpc) is 3.34. The Morgan fingerprint density at radius 1 is 1.40 bits per heavy atom. The highest BCUT2D eigenvalue weighted by atomic mass is 35.5. The maximum atomic E-state index is 12.9. The molecule has 0 N–H and O–H groups in total. The quantitative estimate of drug-likeness (QED) is 0.665. The summed E-state index contributed by atoms with van der Waals surface area (Å²) in [6, 6.07) is 9.11. The van der Waals surface area contributed by atoms with Crippen LogP contribution in [0.15, 0.2) is 40.2 Å². The van der Waals surface area contributed by atoms with Crippen molar-refractivity contribution in [1.82, 2.24) is 15.0 Å². The maximum Gasteiger partial charge on any atom is 0.264 e. The number of carbonyl (C=O) groups is 1. The lowest BCUT2D eigenvalue weighted by molar-refractivity contribution is 0.0714. The van der Waals surface area contributed by atoms with Crippen LogP contribution in [0, 0.1) is 6.92 Å². The first-order valence-electron chi connectivity index (χ1n) is 8.08. The number of thiophene rings is 1. The standard InChI is InChI=1S/C18H16ClN3O2S/c1-11-7-9-25-15(11)18(23)22-8-3-6-14(22)17-20-16(21-24-17)12-4-2-5-13(19)10-12/h2,4-5,7,9-10,14H,3,6,8H2,1H3/t14-/m1/s1. The van der Waals surface area contributed by atoms with Crippen LogP contribution in [0.3, 0.4) is 0 Å². The zero-order valence-electron chi connectivity index (χ0n) is 13.6. The van der Waals surface area contributed by atoms with Crippen LogP contribution in [-0.2, 0) is 0 Å². The first-order valence-corrected chi connectivity index (χ1v) is 9.34. The predicted molar refractivity (Wildman–Crippen MR) is 96.8 cm³/mol. The summed E-state index contributed by atoms with van der Waals surface area (Å²) in [5, 5.41) is 6.63. The Hall–Kier alpha value is -2.18. The van der Waals surface area contributed by atoms with E-state index in [0.29, 0.717) is 23.3 Å². The molecule has 7 heteroatoms. The molecule has 0 unspecified atom stereocenters. The Morgan fingerprint density at radius 2 is 2.28 bits per heavy atom. The van der Waals surface area contributed by atoms with E-state index < -0.39 is 0 Å². The number of aryl methyl sites for hydroxylation is 1. The Labute approximate surface area is 154 Å². The highest BCUT2D eigenvalue weighted by molar-refractivity contribution is 7.12. The van der Waals surface area contributed by atoms with E-state index in [-0.39, 0.29) is 11.9 Å². The molecule has 4 rings (SSSR count). The molecule has 0 radical (unpaired) electrons. The van der Waals surface area contributed by atoms with Gasteiger partial charge in [-0.1, -0.05) is 28.9 Å². The number of halogens is 1. The van der Waals surface area contributed by atoms with Crippen molar-refractivity contribution >= 4 is 28.8 Å². The van der Waals surface area contributed by atoms with Gasteiger partial charge in [-0.05, 0) is 48.9 Å². The van der Waals surface area contributed by atoms with Crippen LogP contribution in [0.25, 0.3) is 11.4 Å². The minimum Gasteiger partial charge on any atom is -0.337 e. The maximum absolute atomic E-state index is 12.9. The Balaban J connectivity index is 1.61. The van der Waals surface area contributed by atoms with Crippen molar-refractivity contribution in [1.29, 1.82) is 0 Å². The Kier molecular flexibility index (Phi) is 4.31. The van der Waals surface area contributed by atoms with E-state index in [1.807, 2.05) is 35.4 Å². The molecule has 1 aliphatic heterocycles. The summed E-state index contributed by atoms with van der Waals surface area (Å²) >= 11 is 7.50. The summed E-state index contributed by atoms with van der Waals surface area (Å²) in [5.74, 6) is 1.01. The van der Waals surface area contributed by atoms with Crippen LogP contribution in [-0.4, -0.2) is 27.5 Å². The molecule has 0 spiro atoms. The van der Waals surface area contributed by atoms with Crippen LogP contribution >= 0.6 is 22.9 Å². The number of hydrogen-bond acceptors (Lipinski definition) is 5. The second-order valence-corrected chi connectivity index (χ2v) is 7.41. The molecule has 25 heavy (non-hydrogen) atoms. The Bertz CT molecular complexity index is 920. The summed E-state index contributed by atoms with van der Waals surface area (Å²) < 4.78 is 5.48. The number of hydrogen-bond donors (Lipinski definition) is 0. The van der Waals surface area contributed by atoms with Gasteiger partial charge in [0.25, 0.3) is 5.91 Å². The van der Waals surface area contributed by atoms with Gasteiger partial charge in [0.05, 0.1) is 4.88 Å². The third kappa shape index (κ3) is 3.07. The molecule has 0 aliphatic carbocycles. The van der Waals surface area contributed by atoms with Crippen molar-refractivity contribution in [3.63, 3.8) is 0 Å². The summed E-state index contributed by atoms with van der Waals surface area (Å²) in [6.45, 7) is 2.66. The first-order chi connectivity index (χ1) is 12.1. The van der Waals surface area contributed by atoms with Crippen molar-refractivity contribution in [2.24, 2.45) is 0 Å². The molecule has 1 amide bonds. The normalized spacial score (nSPS) is 17.2. The van der Waals surface area contributed by atoms with E-state index in [4.69, 9.17) is 16.1 Å². The fourth-order valence-corrected chi connectivity index (χ4v) is 4.17. The molecule has 1 atom stereocenters. The van der Waals surface area contributed by atoms with E-state index in [1.165, 1.54) is 11.3 Å². The third-order valence-electron chi connectivity index (χ3n) is 4.38. The average molecular weight is 374 g/mol. The lowest BCUT2D eigenvalue weighted by atomic mass is 10.2. The van der Waals surface area contributed by atoms with Crippen molar-refractivity contribution in [3.8, 4) is 11.4 Å². The smallest absolute Gasteiger partial charge is 0.264 e. The fraction of sp³-hybridized carbons (Fsp3) is 0.278. The monoisotopic (exact) mass is 373 g/mol. The number of likely N-dealkylation sites (tertiary alicyclic amines) is 1. The largest absolute Gasteiger partial charge is 0.337 e. The number of benzene rings is 1. The van der Waals surface area contributed by atoms with Crippen molar-refractivity contribution in [3.05, 3.63) is 57.1 Å². The Morgan fingerprint density at radius 3 is 3.04 bits per heavy atom. The number of aromatic nitrogens is 2. The van der Waals surface area contributed by atoms with Gasteiger partial charge >= 0.3 is 0 Å². The van der Waals surface area contributed by atoms with E-state index >= 15 is 0 Å². The molecule has 1 aromatic carbocycles. The molecule has 128 valence electrons. The molecular formula is C18H16ClN3O2S. The fourth-order valence-electron chi connectivity index (χ4n) is 3.10. The van der Waals surface area contributed by atoms with Gasteiger partial charge in [0.15, 0.2) is 0 Å². The zero-order valence-corrected chi connectivity index (χ0v) is 15.2. The lowest BCUT2D eigenvalue weighted by Gasteiger charge is -2.21. The summed E-state index contributed by atoms with van der Waals surface area (Å²) in [5.41, 5.74) is 1.80. The van der Waals surface area contributed by atoms with Gasteiger partial charge < -0.3 is 9.42 Å². The number of amides is 1. The molecule has 3 aromatic rings. The zero-order chi connectivity index (χ0) is 17.4. The third-order valence-corrected chi connectivity index (χ3v) is 5.62. The number of nitrogens with zero attached hydrogens (tertiary/aromatic N) is 3. The number of rotatable bonds is 3. The SMILES string of the molecule is Cc1ccsc1C(=O)N1CCC[C@@H]1c1nc(-c2cccc(Cl)c2)no1. The summed E-state index contributed by atoms with van der Waals surface area (Å²) in [7, 11) is 0. The molecule has 1 aliphatic rings.